The first kappa shape index (κ1) is 20.8. The van der Waals surface area contributed by atoms with E-state index in [1.807, 2.05) is 13.0 Å². The highest BCUT2D eigenvalue weighted by Gasteiger charge is 2.46. The Bertz CT molecular complexity index is 1280. The fourth-order valence-electron chi connectivity index (χ4n) is 4.50. The molecule has 3 heterocycles. The summed E-state index contributed by atoms with van der Waals surface area (Å²) in [5.74, 6) is -0.983. The zero-order valence-electron chi connectivity index (χ0n) is 17.9. The van der Waals surface area contributed by atoms with Crippen molar-refractivity contribution in [2.75, 3.05) is 0 Å². The number of aromatic hydroxyl groups is 1. The van der Waals surface area contributed by atoms with E-state index in [0.717, 1.165) is 16.9 Å². The number of carbonyl (C=O) groups excluding carboxylic acids is 2. The van der Waals surface area contributed by atoms with Gasteiger partial charge in [0, 0.05) is 30.9 Å². The normalized spacial score (nSPS) is 21.2. The molecule has 0 spiro atoms. The van der Waals surface area contributed by atoms with E-state index in [1.54, 1.807) is 48.8 Å². The number of aromatic nitrogens is 1. The second-order valence-electron chi connectivity index (χ2n) is 8.34. The number of ether oxygens (including phenoxy) is 1. The topological polar surface area (TPSA) is 100.0 Å². The minimum atomic E-state index is -0.860. The van der Waals surface area contributed by atoms with Gasteiger partial charge in [-0.25, -0.2) is 0 Å². The van der Waals surface area contributed by atoms with Gasteiger partial charge in [-0.05, 0) is 60.0 Å². The smallest absolute Gasteiger partial charge is 0.295 e. The molecule has 0 aliphatic carbocycles. The van der Waals surface area contributed by atoms with Crippen molar-refractivity contribution < 1.29 is 24.5 Å². The van der Waals surface area contributed by atoms with Crippen molar-refractivity contribution in [1.29, 1.82) is 0 Å². The summed E-state index contributed by atoms with van der Waals surface area (Å²) in [5.41, 5.74) is 2.63. The summed E-state index contributed by atoms with van der Waals surface area (Å²) in [7, 11) is 0. The number of likely N-dealkylation sites (tertiary alicyclic amines) is 1. The van der Waals surface area contributed by atoms with Crippen molar-refractivity contribution in [3.63, 3.8) is 0 Å². The number of fused-ring (bicyclic) bond motifs is 1. The van der Waals surface area contributed by atoms with Crippen LogP contribution in [0.15, 0.2) is 72.6 Å². The molecule has 1 saturated heterocycles. The van der Waals surface area contributed by atoms with Crippen molar-refractivity contribution in [1.82, 2.24) is 9.88 Å². The molecule has 2 N–H and O–H groups in total. The summed E-state index contributed by atoms with van der Waals surface area (Å²) in [6, 6.07) is 14.3. The minimum Gasteiger partial charge on any atom is -0.508 e. The molecular formula is C26H22N2O5. The highest BCUT2D eigenvalue weighted by atomic mass is 16.5. The van der Waals surface area contributed by atoms with Gasteiger partial charge in [-0.15, -0.1) is 0 Å². The predicted molar refractivity (Wildman–Crippen MR) is 120 cm³/mol. The summed E-state index contributed by atoms with van der Waals surface area (Å²) < 4.78 is 5.73. The lowest BCUT2D eigenvalue weighted by Crippen LogP contribution is -2.29. The van der Waals surface area contributed by atoms with Gasteiger partial charge < -0.3 is 19.8 Å². The monoisotopic (exact) mass is 442 g/mol. The van der Waals surface area contributed by atoms with Crippen molar-refractivity contribution in [2.45, 2.75) is 32.0 Å². The summed E-state index contributed by atoms with van der Waals surface area (Å²) >= 11 is 0. The van der Waals surface area contributed by atoms with Crippen LogP contribution in [0.4, 0.5) is 0 Å². The Kier molecular flexibility index (Phi) is 5.09. The van der Waals surface area contributed by atoms with E-state index in [4.69, 9.17) is 4.74 Å². The van der Waals surface area contributed by atoms with Gasteiger partial charge in [0.25, 0.3) is 11.7 Å². The molecule has 7 heteroatoms. The van der Waals surface area contributed by atoms with E-state index < -0.39 is 17.7 Å². The minimum absolute atomic E-state index is 0.00290. The van der Waals surface area contributed by atoms with Gasteiger partial charge >= 0.3 is 0 Å². The van der Waals surface area contributed by atoms with Crippen LogP contribution in [0.25, 0.3) is 5.76 Å². The predicted octanol–water partition coefficient (Wildman–Crippen LogP) is 3.73. The molecule has 0 unspecified atom stereocenters. The zero-order chi connectivity index (χ0) is 23.1. The van der Waals surface area contributed by atoms with Gasteiger partial charge in [0.2, 0.25) is 0 Å². The summed E-state index contributed by atoms with van der Waals surface area (Å²) in [4.78, 5) is 31.7. The number of ketones is 1. The van der Waals surface area contributed by atoms with Crippen molar-refractivity contribution in [2.24, 2.45) is 0 Å². The summed E-state index contributed by atoms with van der Waals surface area (Å²) in [5, 5.41) is 21.3. The molecule has 2 aromatic carbocycles. The maximum atomic E-state index is 13.2. The van der Waals surface area contributed by atoms with Crippen LogP contribution in [0, 0.1) is 0 Å². The van der Waals surface area contributed by atoms with E-state index in [9.17, 15) is 19.8 Å². The SMILES string of the molecule is C[C@H]1Cc2cc(/C(O)=C3\C(=O)C(=O)N(Cc4cccnc4)[C@@H]3c3cccc(O)c3)ccc2O1. The molecule has 1 amide bonds. The van der Waals surface area contributed by atoms with E-state index >= 15 is 0 Å². The Morgan fingerprint density at radius 3 is 2.76 bits per heavy atom. The number of aliphatic hydroxyl groups is 1. The number of hydrogen-bond acceptors (Lipinski definition) is 6. The number of rotatable bonds is 4. The second kappa shape index (κ2) is 8.09. The number of phenolic OH excluding ortho intramolecular Hbond substituents is 1. The number of Topliss-reactive ketones (excluding diaryl/α,β-unsaturated/α-hetero) is 1. The number of pyridine rings is 1. The number of carbonyl (C=O) groups is 2. The van der Waals surface area contributed by atoms with Crippen LogP contribution in [0.2, 0.25) is 0 Å². The van der Waals surface area contributed by atoms with Gasteiger partial charge in [-0.3, -0.25) is 14.6 Å². The van der Waals surface area contributed by atoms with E-state index in [0.29, 0.717) is 17.5 Å². The molecule has 0 bridgehead atoms. The second-order valence-corrected chi connectivity index (χ2v) is 8.34. The Hall–Kier alpha value is -4.13. The number of aliphatic hydroxyl groups excluding tert-OH is 1. The maximum Gasteiger partial charge on any atom is 0.295 e. The summed E-state index contributed by atoms with van der Waals surface area (Å²) in [6.45, 7) is 2.09. The molecule has 5 rings (SSSR count). The molecule has 0 saturated carbocycles. The molecule has 2 aliphatic heterocycles. The number of amides is 1. The standard InChI is InChI=1S/C26H22N2O5/c1-15-10-19-11-18(7-8-21(19)33-15)24(30)22-23(17-5-2-6-20(29)12-17)28(26(32)25(22)31)14-16-4-3-9-27-13-16/h2-9,11-13,15,23,29-30H,10,14H2,1H3/b24-22+/t15-,23+/m0/s1. The Labute approximate surface area is 190 Å². The average molecular weight is 442 g/mol. The van der Waals surface area contributed by atoms with Crippen molar-refractivity contribution >= 4 is 17.4 Å². The third kappa shape index (κ3) is 3.71. The fraction of sp³-hybridized carbons (Fsp3) is 0.192. The highest BCUT2D eigenvalue weighted by molar-refractivity contribution is 6.46. The van der Waals surface area contributed by atoms with Crippen LogP contribution in [-0.2, 0) is 22.6 Å². The molecule has 1 aromatic heterocycles. The number of hydrogen-bond donors (Lipinski definition) is 2. The zero-order valence-corrected chi connectivity index (χ0v) is 17.9. The number of nitrogens with zero attached hydrogens (tertiary/aromatic N) is 2. The van der Waals surface area contributed by atoms with Crippen LogP contribution in [-0.4, -0.2) is 37.9 Å². The van der Waals surface area contributed by atoms with Gasteiger partial charge in [0.15, 0.2) is 0 Å². The van der Waals surface area contributed by atoms with Gasteiger partial charge in [-0.2, -0.15) is 0 Å². The molecule has 0 radical (unpaired) electrons. The molecule has 2 atom stereocenters. The van der Waals surface area contributed by atoms with Crippen LogP contribution >= 0.6 is 0 Å². The maximum absolute atomic E-state index is 13.2. The van der Waals surface area contributed by atoms with Crippen LogP contribution in [0.1, 0.15) is 35.2 Å². The van der Waals surface area contributed by atoms with Gasteiger partial charge in [-0.1, -0.05) is 18.2 Å². The Morgan fingerprint density at radius 1 is 1.15 bits per heavy atom. The third-order valence-corrected chi connectivity index (χ3v) is 5.97. The van der Waals surface area contributed by atoms with Crippen LogP contribution in [0.5, 0.6) is 11.5 Å². The van der Waals surface area contributed by atoms with E-state index in [1.165, 1.54) is 17.0 Å². The molecule has 2 aliphatic rings. The fourth-order valence-corrected chi connectivity index (χ4v) is 4.50. The molecule has 166 valence electrons. The largest absolute Gasteiger partial charge is 0.508 e. The van der Waals surface area contributed by atoms with Crippen molar-refractivity contribution in [3.05, 3.63) is 94.8 Å². The first-order valence-electron chi connectivity index (χ1n) is 10.7. The van der Waals surface area contributed by atoms with Crippen LogP contribution in [0.3, 0.4) is 0 Å². The molecule has 7 nitrogen and oxygen atoms in total. The average Bonchev–Trinajstić information content (AvgIpc) is 3.30. The third-order valence-electron chi connectivity index (χ3n) is 5.97. The molecule has 33 heavy (non-hydrogen) atoms. The highest BCUT2D eigenvalue weighted by Crippen LogP contribution is 2.41. The lowest BCUT2D eigenvalue weighted by molar-refractivity contribution is -0.140. The quantitative estimate of drug-likeness (QED) is 0.363. The van der Waals surface area contributed by atoms with Gasteiger partial charge in [0.1, 0.15) is 23.4 Å². The Morgan fingerprint density at radius 2 is 2.00 bits per heavy atom. The molecular weight excluding hydrogens is 420 g/mol. The lowest BCUT2D eigenvalue weighted by atomic mass is 9.94. The molecule has 1 fully saturated rings. The molecule has 3 aromatic rings. The lowest BCUT2D eigenvalue weighted by Gasteiger charge is -2.25. The van der Waals surface area contributed by atoms with E-state index in [2.05, 4.69) is 4.98 Å². The number of benzene rings is 2. The Balaban J connectivity index is 1.64. The first-order chi connectivity index (χ1) is 15.9. The number of phenols is 1. The summed E-state index contributed by atoms with van der Waals surface area (Å²) in [6.07, 6.45) is 3.99. The van der Waals surface area contributed by atoms with Gasteiger partial charge in [0.05, 0.1) is 11.6 Å². The van der Waals surface area contributed by atoms with E-state index in [-0.39, 0.29) is 29.7 Å². The first-order valence-corrected chi connectivity index (χ1v) is 10.7. The van der Waals surface area contributed by atoms with Crippen LogP contribution < -0.4 is 4.74 Å². The van der Waals surface area contributed by atoms with Crippen molar-refractivity contribution in [3.8, 4) is 11.5 Å².